The summed E-state index contributed by atoms with van der Waals surface area (Å²) in [6.07, 6.45) is 0.271. The van der Waals surface area contributed by atoms with E-state index in [1.807, 2.05) is 6.92 Å². The second kappa shape index (κ2) is 3.82. The summed E-state index contributed by atoms with van der Waals surface area (Å²) >= 11 is 1.47. The number of ether oxygens (including phenoxy) is 1. The molecule has 0 aliphatic carbocycles. The molecule has 1 aliphatic heterocycles. The lowest BCUT2D eigenvalue weighted by Gasteiger charge is -2.37. The van der Waals surface area contributed by atoms with Crippen LogP contribution in [0.15, 0.2) is 0 Å². The van der Waals surface area contributed by atoms with Gasteiger partial charge in [-0.2, -0.15) is 4.37 Å². The molecule has 0 unspecified atom stereocenters. The number of rotatable bonds is 1. The maximum absolute atomic E-state index is 5.56. The first-order chi connectivity index (χ1) is 6.68. The molecule has 14 heavy (non-hydrogen) atoms. The number of hydrogen-bond acceptors (Lipinski definition) is 5. The van der Waals surface area contributed by atoms with Crippen molar-refractivity contribution in [3.8, 4) is 0 Å². The zero-order valence-electron chi connectivity index (χ0n) is 8.73. The molecule has 2 heterocycles. The van der Waals surface area contributed by atoms with E-state index in [-0.39, 0.29) is 6.10 Å². The smallest absolute Gasteiger partial charge is 0.205 e. The van der Waals surface area contributed by atoms with E-state index in [9.17, 15) is 0 Å². The van der Waals surface area contributed by atoms with Gasteiger partial charge >= 0.3 is 0 Å². The highest BCUT2D eigenvalue weighted by Gasteiger charge is 2.27. The minimum Gasteiger partial charge on any atom is -0.375 e. The molecule has 1 saturated heterocycles. The second-order valence-electron chi connectivity index (χ2n) is 3.63. The number of morpholine rings is 1. The van der Waals surface area contributed by atoms with E-state index in [0.29, 0.717) is 6.04 Å². The van der Waals surface area contributed by atoms with Crippen molar-refractivity contribution < 1.29 is 4.74 Å². The molecule has 4 nitrogen and oxygen atoms in total. The van der Waals surface area contributed by atoms with Gasteiger partial charge in [0.25, 0.3) is 0 Å². The van der Waals surface area contributed by atoms with Crippen molar-refractivity contribution in [1.29, 1.82) is 0 Å². The quantitative estimate of drug-likeness (QED) is 0.708. The zero-order valence-corrected chi connectivity index (χ0v) is 9.54. The lowest BCUT2D eigenvalue weighted by molar-refractivity contribution is 0.0284. The van der Waals surface area contributed by atoms with Crippen LogP contribution in [0.5, 0.6) is 0 Å². The lowest BCUT2D eigenvalue weighted by Crippen LogP contribution is -2.48. The summed E-state index contributed by atoms with van der Waals surface area (Å²) < 4.78 is 9.76. The number of aryl methyl sites for hydroxylation is 1. The fourth-order valence-corrected chi connectivity index (χ4v) is 2.40. The van der Waals surface area contributed by atoms with E-state index < -0.39 is 0 Å². The molecular formula is C9H15N3OS. The average molecular weight is 213 g/mol. The van der Waals surface area contributed by atoms with Gasteiger partial charge in [-0.05, 0) is 20.8 Å². The van der Waals surface area contributed by atoms with E-state index in [2.05, 4.69) is 28.1 Å². The van der Waals surface area contributed by atoms with Gasteiger partial charge in [0.05, 0.1) is 18.8 Å². The van der Waals surface area contributed by atoms with Crippen LogP contribution in [0.3, 0.4) is 0 Å². The molecule has 5 heteroatoms. The third kappa shape index (κ3) is 1.74. The monoisotopic (exact) mass is 213 g/mol. The lowest BCUT2D eigenvalue weighted by atomic mass is 10.1. The Labute approximate surface area is 88.1 Å². The molecule has 0 N–H and O–H groups in total. The van der Waals surface area contributed by atoms with Crippen LogP contribution in [0, 0.1) is 6.92 Å². The Hall–Kier alpha value is -0.680. The summed E-state index contributed by atoms with van der Waals surface area (Å²) in [6, 6.07) is 0.385. The van der Waals surface area contributed by atoms with Gasteiger partial charge < -0.3 is 9.64 Å². The van der Waals surface area contributed by atoms with Gasteiger partial charge in [-0.1, -0.05) is 0 Å². The van der Waals surface area contributed by atoms with E-state index in [1.54, 1.807) is 0 Å². The summed E-state index contributed by atoms with van der Waals surface area (Å²) in [5.41, 5.74) is 0. The summed E-state index contributed by atoms with van der Waals surface area (Å²) in [4.78, 5) is 6.67. The Morgan fingerprint density at radius 1 is 1.50 bits per heavy atom. The molecular weight excluding hydrogens is 198 g/mol. The Bertz CT molecular complexity index is 315. The average Bonchev–Trinajstić information content (AvgIpc) is 2.57. The number of aromatic nitrogens is 2. The Morgan fingerprint density at radius 2 is 2.29 bits per heavy atom. The standard InChI is InChI=1S/C9H15N3OS/c1-6-7(2)13-5-4-12(6)9-10-8(3)11-14-9/h6-7H,4-5H2,1-3H3/t6-,7+/m0/s1. The van der Waals surface area contributed by atoms with Gasteiger partial charge in [0.1, 0.15) is 5.82 Å². The molecule has 1 fully saturated rings. The Morgan fingerprint density at radius 3 is 2.93 bits per heavy atom. The molecule has 78 valence electrons. The molecule has 0 spiro atoms. The highest BCUT2D eigenvalue weighted by atomic mass is 32.1. The normalized spacial score (nSPS) is 28.1. The second-order valence-corrected chi connectivity index (χ2v) is 4.36. The molecule has 1 aromatic rings. The van der Waals surface area contributed by atoms with Crippen molar-refractivity contribution in [2.24, 2.45) is 0 Å². The number of hydrogen-bond donors (Lipinski definition) is 0. The molecule has 0 radical (unpaired) electrons. The van der Waals surface area contributed by atoms with Crippen LogP contribution in [0.1, 0.15) is 19.7 Å². The van der Waals surface area contributed by atoms with Crippen LogP contribution in [-0.2, 0) is 4.74 Å². The fourth-order valence-electron chi connectivity index (χ4n) is 1.61. The van der Waals surface area contributed by atoms with Crippen molar-refractivity contribution in [3.63, 3.8) is 0 Å². The minimum absolute atomic E-state index is 0.271. The Balaban J connectivity index is 2.17. The first-order valence-electron chi connectivity index (χ1n) is 4.87. The van der Waals surface area contributed by atoms with Gasteiger partial charge in [0.15, 0.2) is 0 Å². The van der Waals surface area contributed by atoms with Crippen molar-refractivity contribution in [2.45, 2.75) is 32.9 Å². The van der Waals surface area contributed by atoms with Crippen LogP contribution in [0.25, 0.3) is 0 Å². The number of nitrogens with zero attached hydrogens (tertiary/aromatic N) is 3. The first kappa shape index (κ1) is 9.86. The van der Waals surface area contributed by atoms with E-state index in [4.69, 9.17) is 4.74 Å². The zero-order chi connectivity index (χ0) is 10.1. The predicted octanol–water partition coefficient (Wildman–Crippen LogP) is 1.46. The molecule has 1 aliphatic rings. The molecule has 0 bridgehead atoms. The number of anilines is 1. The van der Waals surface area contributed by atoms with Crippen LogP contribution < -0.4 is 4.90 Å². The Kier molecular flexibility index (Phi) is 2.69. The topological polar surface area (TPSA) is 38.2 Å². The van der Waals surface area contributed by atoms with E-state index in [0.717, 1.165) is 24.1 Å². The van der Waals surface area contributed by atoms with Crippen molar-refractivity contribution >= 4 is 16.7 Å². The molecule has 2 rings (SSSR count). The largest absolute Gasteiger partial charge is 0.375 e. The van der Waals surface area contributed by atoms with Gasteiger partial charge in [-0.25, -0.2) is 4.98 Å². The summed E-state index contributed by atoms with van der Waals surface area (Å²) in [5, 5.41) is 1.02. The first-order valence-corrected chi connectivity index (χ1v) is 5.64. The fraction of sp³-hybridized carbons (Fsp3) is 0.778. The third-order valence-corrected chi connectivity index (χ3v) is 3.49. The molecule has 2 atom stereocenters. The summed E-state index contributed by atoms with van der Waals surface area (Å²) in [5.74, 6) is 0.858. The highest BCUT2D eigenvalue weighted by molar-refractivity contribution is 7.09. The molecule has 1 aromatic heterocycles. The third-order valence-electron chi connectivity index (χ3n) is 2.65. The SMILES string of the molecule is Cc1nsc(N2CCO[C@H](C)[C@@H]2C)n1. The maximum Gasteiger partial charge on any atom is 0.205 e. The minimum atomic E-state index is 0.271. The van der Waals surface area contributed by atoms with Gasteiger partial charge in [-0.3, -0.25) is 0 Å². The van der Waals surface area contributed by atoms with Gasteiger partial charge in [0, 0.05) is 18.1 Å². The summed E-state index contributed by atoms with van der Waals surface area (Å²) in [6.45, 7) is 7.89. The predicted molar refractivity (Wildman–Crippen MR) is 56.9 cm³/mol. The van der Waals surface area contributed by atoms with Crippen LogP contribution in [-0.4, -0.2) is 34.7 Å². The molecule has 0 saturated carbocycles. The highest BCUT2D eigenvalue weighted by Crippen LogP contribution is 2.23. The van der Waals surface area contributed by atoms with Crippen LogP contribution in [0.4, 0.5) is 5.13 Å². The van der Waals surface area contributed by atoms with E-state index >= 15 is 0 Å². The van der Waals surface area contributed by atoms with Gasteiger partial charge in [-0.15, -0.1) is 0 Å². The van der Waals surface area contributed by atoms with E-state index in [1.165, 1.54) is 11.5 Å². The van der Waals surface area contributed by atoms with Crippen molar-refractivity contribution in [1.82, 2.24) is 9.36 Å². The summed E-state index contributed by atoms with van der Waals surface area (Å²) in [7, 11) is 0. The molecule has 0 aromatic carbocycles. The maximum atomic E-state index is 5.56. The van der Waals surface area contributed by atoms with Crippen molar-refractivity contribution in [3.05, 3.63) is 5.82 Å². The molecule has 0 amide bonds. The van der Waals surface area contributed by atoms with Gasteiger partial charge in [0.2, 0.25) is 5.13 Å². The van der Waals surface area contributed by atoms with Crippen molar-refractivity contribution in [2.75, 3.05) is 18.1 Å². The van der Waals surface area contributed by atoms with Crippen LogP contribution in [0.2, 0.25) is 0 Å². The van der Waals surface area contributed by atoms with Crippen LogP contribution >= 0.6 is 11.5 Å².